The lowest BCUT2D eigenvalue weighted by molar-refractivity contribution is -0.133. The molecule has 4 amide bonds. The van der Waals surface area contributed by atoms with Crippen molar-refractivity contribution in [2.45, 2.75) is 46.3 Å². The van der Waals surface area contributed by atoms with Gasteiger partial charge in [-0.05, 0) is 60.0 Å². The van der Waals surface area contributed by atoms with Gasteiger partial charge in [0, 0.05) is 18.6 Å². The Labute approximate surface area is 345 Å². The van der Waals surface area contributed by atoms with E-state index in [1.54, 1.807) is 73.4 Å². The summed E-state index contributed by atoms with van der Waals surface area (Å²) >= 11 is 5.34. The van der Waals surface area contributed by atoms with E-state index < -0.39 is 23.6 Å². The van der Waals surface area contributed by atoms with Gasteiger partial charge in [0.1, 0.15) is 16.5 Å². The molecule has 15 nitrogen and oxygen atoms in total. The molecule has 0 atom stereocenters. The number of hydrogen-bond donors (Lipinski definition) is 5. The molecule has 6 aromatic rings. The number of pyridine rings is 1. The summed E-state index contributed by atoms with van der Waals surface area (Å²) in [4.78, 5) is 68.5. The summed E-state index contributed by atoms with van der Waals surface area (Å²) in [6, 6.07) is 19.6. The summed E-state index contributed by atoms with van der Waals surface area (Å²) in [6.07, 6.45) is 8.32. The summed E-state index contributed by atoms with van der Waals surface area (Å²) < 4.78 is 13.1. The predicted octanol–water partition coefficient (Wildman–Crippen LogP) is 7.93. The van der Waals surface area contributed by atoms with E-state index in [-0.39, 0.29) is 0 Å². The zero-order chi connectivity index (χ0) is 40.6. The van der Waals surface area contributed by atoms with E-state index in [4.69, 9.17) is 9.47 Å². The average molecular weight is 846 g/mol. The first kappa shape index (κ1) is 42.4. The van der Waals surface area contributed by atoms with Crippen LogP contribution < -0.4 is 30.7 Å². The molecule has 0 fully saturated rings. The Hall–Kier alpha value is -5.76. The van der Waals surface area contributed by atoms with Gasteiger partial charge in [0.05, 0.1) is 45.4 Å². The molecule has 6 rings (SSSR count). The van der Waals surface area contributed by atoms with Gasteiger partial charge in [-0.1, -0.05) is 92.5 Å². The second-order valence-corrected chi connectivity index (χ2v) is 17.1. The van der Waals surface area contributed by atoms with Crippen LogP contribution in [0.25, 0.3) is 0 Å². The molecule has 4 heterocycles. The van der Waals surface area contributed by atoms with Crippen molar-refractivity contribution in [3.8, 4) is 11.5 Å². The van der Waals surface area contributed by atoms with Gasteiger partial charge < -0.3 is 25.1 Å². The molecule has 57 heavy (non-hydrogen) atoms. The number of thiazole rings is 2. The molecule has 4 aromatic heterocycles. The molecule has 0 aliphatic heterocycles. The highest BCUT2D eigenvalue weighted by Gasteiger charge is 2.20. The number of imidazole rings is 1. The van der Waals surface area contributed by atoms with E-state index in [1.165, 1.54) is 46.2 Å². The molecule has 296 valence electrons. The number of aromatic amines is 1. The van der Waals surface area contributed by atoms with E-state index >= 15 is 0 Å². The summed E-state index contributed by atoms with van der Waals surface area (Å²) in [7, 11) is 0. The van der Waals surface area contributed by atoms with Crippen molar-refractivity contribution in [3.05, 3.63) is 97.7 Å². The van der Waals surface area contributed by atoms with E-state index in [0.717, 1.165) is 18.6 Å². The minimum absolute atomic E-state index is 0.332. The number of amides is 4. The van der Waals surface area contributed by atoms with Gasteiger partial charge in [0.25, 0.3) is 0 Å². The number of H-pyrrole nitrogens is 1. The third kappa shape index (κ3) is 14.0. The minimum atomic E-state index is -0.803. The minimum Gasteiger partial charge on any atom is -0.491 e. The number of aromatic nitrogens is 5. The van der Waals surface area contributed by atoms with Crippen LogP contribution in [0.1, 0.15) is 27.7 Å². The first-order valence-electron chi connectivity index (χ1n) is 17.4. The van der Waals surface area contributed by atoms with E-state index in [0.29, 0.717) is 58.2 Å². The SMILES string of the molecule is CC(C)COc1ccccc1NC(=O)C(=O)Nc1ncc(Sc2ccccn2)s1.CC(C)COc1ccccc1NC(=O)C(=O)Nc1ncc(Sc2ncc[nH]2)s1. The van der Waals surface area contributed by atoms with Crippen molar-refractivity contribution in [1.29, 1.82) is 0 Å². The van der Waals surface area contributed by atoms with Crippen LogP contribution in [0.5, 0.6) is 11.5 Å². The Morgan fingerprint density at radius 2 is 1.11 bits per heavy atom. The lowest BCUT2D eigenvalue weighted by Gasteiger charge is -2.13. The predicted molar refractivity (Wildman–Crippen MR) is 223 cm³/mol. The van der Waals surface area contributed by atoms with E-state index in [9.17, 15) is 19.2 Å². The Morgan fingerprint density at radius 3 is 1.58 bits per heavy atom. The van der Waals surface area contributed by atoms with Gasteiger partial charge in [-0.25, -0.2) is 19.9 Å². The fourth-order valence-electron chi connectivity index (χ4n) is 4.21. The zero-order valence-electron chi connectivity index (χ0n) is 31.2. The van der Waals surface area contributed by atoms with Crippen molar-refractivity contribution >= 4 is 91.5 Å². The molecule has 19 heteroatoms. The average Bonchev–Trinajstić information content (AvgIpc) is 3.98. The molecule has 0 saturated carbocycles. The van der Waals surface area contributed by atoms with Crippen LogP contribution in [0.3, 0.4) is 0 Å². The van der Waals surface area contributed by atoms with Crippen molar-refractivity contribution in [2.24, 2.45) is 11.8 Å². The van der Waals surface area contributed by atoms with Crippen LogP contribution in [0.4, 0.5) is 21.6 Å². The molecule has 0 saturated heterocycles. The molecule has 0 unspecified atom stereocenters. The molecule has 0 spiro atoms. The number of anilines is 4. The third-order valence-corrected chi connectivity index (χ3v) is 10.6. The maximum Gasteiger partial charge on any atom is 0.315 e. The van der Waals surface area contributed by atoms with Crippen molar-refractivity contribution < 1.29 is 28.7 Å². The fourth-order valence-corrected chi connectivity index (χ4v) is 7.71. The number of ether oxygens (including phenoxy) is 2. The fraction of sp³-hybridized carbons (Fsp3) is 0.211. The summed E-state index contributed by atoms with van der Waals surface area (Å²) in [5.74, 6) is -1.48. The summed E-state index contributed by atoms with van der Waals surface area (Å²) in [6.45, 7) is 9.14. The highest BCUT2D eigenvalue weighted by atomic mass is 32.2. The first-order chi connectivity index (χ1) is 27.5. The van der Waals surface area contributed by atoms with Crippen LogP contribution >= 0.6 is 46.2 Å². The lowest BCUT2D eigenvalue weighted by Crippen LogP contribution is -2.29. The Balaban J connectivity index is 0.000000218. The molecule has 0 aliphatic rings. The van der Waals surface area contributed by atoms with Gasteiger partial charge in [-0.3, -0.25) is 29.8 Å². The number of nitrogens with one attached hydrogen (secondary N) is 5. The molecule has 2 aromatic carbocycles. The van der Waals surface area contributed by atoms with Crippen molar-refractivity contribution in [1.82, 2.24) is 24.9 Å². The monoisotopic (exact) mass is 845 g/mol. The number of carbonyl (C=O) groups is 4. The Bertz CT molecular complexity index is 2230. The van der Waals surface area contributed by atoms with Crippen molar-refractivity contribution in [2.75, 3.05) is 34.5 Å². The summed E-state index contributed by atoms with van der Waals surface area (Å²) in [5.41, 5.74) is 0.885. The molecule has 0 bridgehead atoms. The number of para-hydroxylation sites is 4. The van der Waals surface area contributed by atoms with Crippen LogP contribution in [0.15, 0.2) is 116 Å². The third-order valence-electron chi connectivity index (χ3n) is 6.75. The second kappa shape index (κ2) is 21.5. The standard InChI is InChI=1S/C20H20N4O3S2.C18H19N5O3S2/c1-13(2)12-27-15-8-4-3-7-14(15)23-18(25)19(26)24-20-22-11-17(29-20)28-16-9-5-6-10-21-16;1-11(2)10-26-13-6-4-3-5-12(13)22-15(24)16(25)23-18-21-9-14(28-18)27-17-19-7-8-20-17/h3-11,13H,12H2,1-2H3,(H,23,25)(H,22,24,26);3-9,11H,10H2,1-2H3,(H,19,20)(H,22,24)(H,21,23,25). The van der Waals surface area contributed by atoms with E-state index in [2.05, 4.69) is 46.2 Å². The first-order valence-corrected chi connectivity index (χ1v) is 20.6. The zero-order valence-corrected chi connectivity index (χ0v) is 34.4. The van der Waals surface area contributed by atoms with Crippen LogP contribution in [-0.4, -0.2) is 61.8 Å². The van der Waals surface area contributed by atoms with Crippen molar-refractivity contribution in [3.63, 3.8) is 0 Å². The van der Waals surface area contributed by atoms with Crippen LogP contribution in [-0.2, 0) is 19.2 Å². The lowest BCUT2D eigenvalue weighted by atomic mass is 10.2. The van der Waals surface area contributed by atoms with Gasteiger partial charge in [-0.2, -0.15) is 0 Å². The Morgan fingerprint density at radius 1 is 0.614 bits per heavy atom. The molecule has 0 aliphatic carbocycles. The number of nitrogens with zero attached hydrogens (tertiary/aromatic N) is 4. The van der Waals surface area contributed by atoms with Gasteiger partial charge in [0.2, 0.25) is 0 Å². The molecular weight excluding hydrogens is 807 g/mol. The van der Waals surface area contributed by atoms with E-state index in [1.807, 2.05) is 52.0 Å². The topological polar surface area (TPSA) is 202 Å². The summed E-state index contributed by atoms with van der Waals surface area (Å²) in [5, 5.41) is 12.4. The molecule has 5 N–H and O–H groups in total. The number of benzene rings is 2. The number of rotatable bonds is 14. The normalized spacial score (nSPS) is 10.6. The van der Waals surface area contributed by atoms with Gasteiger partial charge >= 0.3 is 23.6 Å². The maximum absolute atomic E-state index is 12.3. The quantitative estimate of drug-likeness (QED) is 0.0664. The van der Waals surface area contributed by atoms with Gasteiger partial charge in [0.15, 0.2) is 15.4 Å². The second-order valence-electron chi connectivity index (χ2n) is 12.5. The highest BCUT2D eigenvalue weighted by Crippen LogP contribution is 2.34. The van der Waals surface area contributed by atoms with Crippen LogP contribution in [0, 0.1) is 11.8 Å². The smallest absolute Gasteiger partial charge is 0.315 e. The molecule has 0 radical (unpaired) electrons. The maximum atomic E-state index is 12.3. The largest absolute Gasteiger partial charge is 0.491 e. The molecular formula is C38H39N9O6S4. The van der Waals surface area contributed by atoms with Gasteiger partial charge in [-0.15, -0.1) is 0 Å². The number of carbonyl (C=O) groups excluding carboxylic acids is 4. The van der Waals surface area contributed by atoms with Crippen LogP contribution in [0.2, 0.25) is 0 Å². The highest BCUT2D eigenvalue weighted by molar-refractivity contribution is 8.01. The number of hydrogen-bond acceptors (Lipinski definition) is 14. The Kier molecular flexibility index (Phi) is 16.0.